The highest BCUT2D eigenvalue weighted by atomic mass is 32.2. The zero-order valence-corrected chi connectivity index (χ0v) is 11.2. The van der Waals surface area contributed by atoms with Crippen LogP contribution in [0, 0.1) is 11.3 Å². The minimum atomic E-state index is -3.10. The predicted molar refractivity (Wildman–Crippen MR) is 69.4 cm³/mol. The molecule has 0 aromatic heterocycles. The second kappa shape index (κ2) is 6.75. The Morgan fingerprint density at radius 1 is 1.42 bits per heavy atom. The van der Waals surface area contributed by atoms with Crippen molar-refractivity contribution in [3.05, 3.63) is 29.8 Å². The van der Waals surface area contributed by atoms with Crippen LogP contribution in [-0.2, 0) is 14.6 Å². The molecule has 0 radical (unpaired) electrons. The summed E-state index contributed by atoms with van der Waals surface area (Å²) in [7, 11) is -3.10. The number of sulfone groups is 1. The lowest BCUT2D eigenvalue weighted by molar-refractivity contribution is -0.122. The molecule has 0 aliphatic heterocycles. The first-order valence-corrected chi connectivity index (χ1v) is 7.55. The van der Waals surface area contributed by atoms with E-state index in [0.29, 0.717) is 11.3 Å². The predicted octanol–water partition coefficient (Wildman–Crippen LogP) is 0.0979. The van der Waals surface area contributed by atoms with Crippen LogP contribution in [0.25, 0.3) is 0 Å². The summed E-state index contributed by atoms with van der Waals surface area (Å²) in [5, 5.41) is 11.2. The molecule has 0 aliphatic carbocycles. The topological polar surface area (TPSA) is 96.3 Å². The van der Waals surface area contributed by atoms with Crippen LogP contribution in [0.15, 0.2) is 24.3 Å². The molecule has 19 heavy (non-hydrogen) atoms. The van der Waals surface area contributed by atoms with E-state index < -0.39 is 15.7 Å². The van der Waals surface area contributed by atoms with Crippen molar-refractivity contribution in [2.45, 2.75) is 0 Å². The Morgan fingerprint density at radius 3 is 2.74 bits per heavy atom. The van der Waals surface area contributed by atoms with Crippen LogP contribution in [0.2, 0.25) is 0 Å². The number of hydrogen-bond donors (Lipinski definition) is 1. The molecule has 0 saturated heterocycles. The average molecular weight is 282 g/mol. The summed E-state index contributed by atoms with van der Waals surface area (Å²) in [6.45, 7) is -0.219. The molecular formula is C12H14N2O4S. The molecule has 1 amide bonds. The van der Waals surface area contributed by atoms with Crippen LogP contribution in [0.1, 0.15) is 5.56 Å². The molecule has 0 saturated carbocycles. The standard InChI is InChI=1S/C12H14N2O4S/c1-19(16,17)7-6-14-12(15)9-18-11-5-3-2-4-10(11)8-13/h2-5H,6-7,9H2,1H3,(H,14,15). The molecule has 1 aromatic rings. The largest absolute Gasteiger partial charge is 0.482 e. The summed E-state index contributed by atoms with van der Waals surface area (Å²) in [5.41, 5.74) is 0.339. The fourth-order valence-corrected chi connectivity index (χ4v) is 1.73. The van der Waals surface area contributed by atoms with E-state index in [0.717, 1.165) is 6.26 Å². The van der Waals surface area contributed by atoms with Crippen LogP contribution in [0.3, 0.4) is 0 Å². The molecule has 0 atom stereocenters. The minimum Gasteiger partial charge on any atom is -0.482 e. The molecule has 1 rings (SSSR count). The van der Waals surface area contributed by atoms with Crippen LogP contribution in [-0.4, -0.2) is 39.5 Å². The van der Waals surface area contributed by atoms with Gasteiger partial charge in [0.1, 0.15) is 21.7 Å². The third-order valence-corrected chi connectivity index (χ3v) is 3.11. The Labute approximate surface area is 111 Å². The summed E-state index contributed by atoms with van der Waals surface area (Å²) < 4.78 is 26.9. The molecule has 0 aliphatic rings. The summed E-state index contributed by atoms with van der Waals surface area (Å²) in [6.07, 6.45) is 1.10. The molecular weight excluding hydrogens is 268 g/mol. The number of rotatable bonds is 6. The SMILES string of the molecule is CS(=O)(=O)CCNC(=O)COc1ccccc1C#N. The number of nitrogens with zero attached hydrogens (tertiary/aromatic N) is 1. The van der Waals surface area contributed by atoms with Gasteiger partial charge < -0.3 is 10.1 Å². The van der Waals surface area contributed by atoms with Gasteiger partial charge in [0.25, 0.3) is 5.91 Å². The number of hydrogen-bond acceptors (Lipinski definition) is 5. The third-order valence-electron chi connectivity index (χ3n) is 2.16. The molecule has 0 bridgehead atoms. The highest BCUT2D eigenvalue weighted by molar-refractivity contribution is 7.90. The Bertz CT molecular complexity index is 590. The second-order valence-corrected chi connectivity index (χ2v) is 6.14. The van der Waals surface area contributed by atoms with Crippen molar-refractivity contribution in [3.8, 4) is 11.8 Å². The van der Waals surface area contributed by atoms with Crippen LogP contribution < -0.4 is 10.1 Å². The van der Waals surface area contributed by atoms with E-state index >= 15 is 0 Å². The lowest BCUT2D eigenvalue weighted by atomic mass is 10.2. The van der Waals surface area contributed by atoms with E-state index in [4.69, 9.17) is 10.00 Å². The van der Waals surface area contributed by atoms with Crippen LogP contribution in [0.5, 0.6) is 5.75 Å². The van der Waals surface area contributed by atoms with Gasteiger partial charge in [-0.3, -0.25) is 4.79 Å². The number of nitrogens with one attached hydrogen (secondary N) is 1. The van der Waals surface area contributed by atoms with Crippen LogP contribution in [0.4, 0.5) is 0 Å². The molecule has 1 aromatic carbocycles. The van der Waals surface area contributed by atoms with Gasteiger partial charge >= 0.3 is 0 Å². The number of ether oxygens (including phenoxy) is 1. The minimum absolute atomic E-state index is 0.0426. The normalized spacial score (nSPS) is 10.5. The van der Waals surface area contributed by atoms with Gasteiger partial charge in [-0.15, -0.1) is 0 Å². The van der Waals surface area contributed by atoms with E-state index in [2.05, 4.69) is 5.32 Å². The number of amides is 1. The smallest absolute Gasteiger partial charge is 0.257 e. The van der Waals surface area contributed by atoms with Gasteiger partial charge in [0, 0.05) is 12.8 Å². The summed E-state index contributed by atoms with van der Waals surface area (Å²) >= 11 is 0. The second-order valence-electron chi connectivity index (χ2n) is 3.88. The summed E-state index contributed by atoms with van der Waals surface area (Å²) in [5.74, 6) is -0.229. The lowest BCUT2D eigenvalue weighted by Gasteiger charge is -2.08. The third kappa shape index (κ3) is 5.88. The summed E-state index contributed by atoms with van der Waals surface area (Å²) in [6, 6.07) is 8.50. The number of carbonyl (C=O) groups is 1. The van der Waals surface area contributed by atoms with Crippen molar-refractivity contribution < 1.29 is 17.9 Å². The highest BCUT2D eigenvalue weighted by Crippen LogP contribution is 2.15. The summed E-state index contributed by atoms with van der Waals surface area (Å²) in [4.78, 5) is 11.4. The molecule has 1 N–H and O–H groups in total. The first-order chi connectivity index (χ1) is 8.92. The molecule has 0 heterocycles. The monoisotopic (exact) mass is 282 g/mol. The van der Waals surface area contributed by atoms with Gasteiger partial charge in [-0.2, -0.15) is 5.26 Å². The van der Waals surface area contributed by atoms with E-state index in [1.54, 1.807) is 24.3 Å². The maximum Gasteiger partial charge on any atom is 0.257 e. The van der Waals surface area contributed by atoms with E-state index in [-0.39, 0.29) is 18.9 Å². The van der Waals surface area contributed by atoms with Gasteiger partial charge in [0.2, 0.25) is 0 Å². The molecule has 7 heteroatoms. The Balaban J connectivity index is 2.41. The zero-order chi connectivity index (χ0) is 14.3. The van der Waals surface area contributed by atoms with Crippen molar-refractivity contribution in [2.24, 2.45) is 0 Å². The molecule has 102 valence electrons. The lowest BCUT2D eigenvalue weighted by Crippen LogP contribution is -2.32. The Kier molecular flexibility index (Phi) is 5.33. The number of para-hydroxylation sites is 1. The van der Waals surface area contributed by atoms with Crippen molar-refractivity contribution in [3.63, 3.8) is 0 Å². The van der Waals surface area contributed by atoms with Crippen molar-refractivity contribution in [1.82, 2.24) is 5.32 Å². The number of benzene rings is 1. The van der Waals surface area contributed by atoms with Crippen molar-refractivity contribution in [1.29, 1.82) is 5.26 Å². The highest BCUT2D eigenvalue weighted by Gasteiger charge is 2.07. The number of carbonyl (C=O) groups excluding carboxylic acids is 1. The average Bonchev–Trinajstić information content (AvgIpc) is 2.35. The Morgan fingerprint density at radius 2 is 2.11 bits per heavy atom. The molecule has 0 fully saturated rings. The number of nitriles is 1. The first kappa shape index (κ1) is 15.0. The van der Waals surface area contributed by atoms with E-state index in [9.17, 15) is 13.2 Å². The van der Waals surface area contributed by atoms with Gasteiger partial charge in [0.05, 0.1) is 11.3 Å². The van der Waals surface area contributed by atoms with Gasteiger partial charge in [0.15, 0.2) is 6.61 Å². The fourth-order valence-electron chi connectivity index (χ4n) is 1.26. The van der Waals surface area contributed by atoms with Gasteiger partial charge in [-0.05, 0) is 12.1 Å². The zero-order valence-electron chi connectivity index (χ0n) is 10.4. The molecule has 0 unspecified atom stereocenters. The first-order valence-electron chi connectivity index (χ1n) is 5.49. The molecule has 0 spiro atoms. The quantitative estimate of drug-likeness (QED) is 0.798. The van der Waals surface area contributed by atoms with E-state index in [1.165, 1.54) is 0 Å². The van der Waals surface area contributed by atoms with Crippen molar-refractivity contribution in [2.75, 3.05) is 25.2 Å². The molecule has 6 nitrogen and oxygen atoms in total. The van der Waals surface area contributed by atoms with Crippen molar-refractivity contribution >= 4 is 15.7 Å². The Hall–Kier alpha value is -2.07. The maximum atomic E-state index is 11.4. The van der Waals surface area contributed by atoms with Crippen LogP contribution >= 0.6 is 0 Å². The fraction of sp³-hybridized carbons (Fsp3) is 0.333. The van der Waals surface area contributed by atoms with Gasteiger partial charge in [-0.25, -0.2) is 8.42 Å². The van der Waals surface area contributed by atoms with E-state index in [1.807, 2.05) is 6.07 Å². The maximum absolute atomic E-state index is 11.4. The van der Waals surface area contributed by atoms with Gasteiger partial charge in [-0.1, -0.05) is 12.1 Å².